The van der Waals surface area contributed by atoms with Gasteiger partial charge < -0.3 is 14.7 Å². The van der Waals surface area contributed by atoms with Crippen LogP contribution in [0.4, 0.5) is 5.69 Å². The molecule has 1 aromatic heterocycles. The summed E-state index contributed by atoms with van der Waals surface area (Å²) >= 11 is 12.2. The Hall–Kier alpha value is -2.21. The fourth-order valence-electron chi connectivity index (χ4n) is 3.10. The maximum Gasteiger partial charge on any atom is 0.176 e. The third kappa shape index (κ3) is 3.65. The second kappa shape index (κ2) is 7.58. The molecule has 2 unspecified atom stereocenters. The fourth-order valence-corrected chi connectivity index (χ4v) is 3.56. The van der Waals surface area contributed by atoms with Crippen LogP contribution in [0.5, 0.6) is 5.75 Å². The fraction of sp³-hybridized carbons (Fsp3) is 0.211. The zero-order chi connectivity index (χ0) is 17.9. The van der Waals surface area contributed by atoms with Gasteiger partial charge in [0.15, 0.2) is 6.23 Å². The van der Waals surface area contributed by atoms with E-state index in [4.69, 9.17) is 27.9 Å². The van der Waals surface area contributed by atoms with Crippen LogP contribution in [-0.4, -0.2) is 9.55 Å². The molecule has 0 spiro atoms. The highest BCUT2D eigenvalue weighted by Gasteiger charge is 2.25. The van der Waals surface area contributed by atoms with E-state index in [9.17, 15) is 0 Å². The quantitative estimate of drug-likeness (QED) is 0.601. The van der Waals surface area contributed by atoms with Gasteiger partial charge in [0, 0.05) is 29.4 Å². The normalized spacial score (nSPS) is 19.3. The van der Waals surface area contributed by atoms with E-state index in [1.165, 1.54) is 0 Å². The third-order valence-corrected chi connectivity index (χ3v) is 4.98. The van der Waals surface area contributed by atoms with Crippen LogP contribution in [0.2, 0.25) is 10.0 Å². The van der Waals surface area contributed by atoms with Gasteiger partial charge in [-0.05, 0) is 30.7 Å². The van der Waals surface area contributed by atoms with Crippen LogP contribution in [0.1, 0.15) is 30.7 Å². The predicted molar refractivity (Wildman–Crippen MR) is 104 cm³/mol. The Morgan fingerprint density at radius 3 is 2.81 bits per heavy atom. The number of ether oxygens (including phenoxy) is 1. The number of hydrazine groups is 1. The molecule has 0 saturated heterocycles. The molecule has 0 amide bonds. The first-order valence-electron chi connectivity index (χ1n) is 8.40. The Morgan fingerprint density at radius 1 is 1.12 bits per heavy atom. The molecule has 26 heavy (non-hydrogen) atoms. The lowest BCUT2D eigenvalue weighted by molar-refractivity contribution is 0.125. The van der Waals surface area contributed by atoms with Crippen molar-refractivity contribution in [1.29, 1.82) is 0 Å². The summed E-state index contributed by atoms with van der Waals surface area (Å²) in [7, 11) is 0. The van der Waals surface area contributed by atoms with Crippen molar-refractivity contribution < 1.29 is 4.74 Å². The van der Waals surface area contributed by atoms with Crippen LogP contribution >= 0.6 is 23.2 Å². The topological polar surface area (TPSA) is 51.1 Å². The van der Waals surface area contributed by atoms with Crippen molar-refractivity contribution in [1.82, 2.24) is 15.0 Å². The molecule has 2 heterocycles. The lowest BCUT2D eigenvalue weighted by Gasteiger charge is -2.20. The van der Waals surface area contributed by atoms with Crippen molar-refractivity contribution in [3.05, 3.63) is 76.8 Å². The van der Waals surface area contributed by atoms with Crippen molar-refractivity contribution >= 4 is 28.9 Å². The van der Waals surface area contributed by atoms with Crippen LogP contribution in [-0.2, 0) is 0 Å². The van der Waals surface area contributed by atoms with Crippen molar-refractivity contribution in [3.8, 4) is 5.75 Å². The van der Waals surface area contributed by atoms with Crippen LogP contribution in [0, 0.1) is 0 Å². The summed E-state index contributed by atoms with van der Waals surface area (Å²) in [6.45, 7) is 0. The molecule has 0 saturated carbocycles. The molecule has 1 aliphatic heterocycles. The van der Waals surface area contributed by atoms with E-state index in [1.54, 1.807) is 24.7 Å². The number of hydrogen-bond donors (Lipinski definition) is 2. The Labute approximate surface area is 161 Å². The highest BCUT2D eigenvalue weighted by molar-refractivity contribution is 6.36. The average Bonchev–Trinajstić information content (AvgIpc) is 3.11. The van der Waals surface area contributed by atoms with Gasteiger partial charge in [0.25, 0.3) is 0 Å². The summed E-state index contributed by atoms with van der Waals surface area (Å²) in [4.78, 5) is 4.13. The summed E-state index contributed by atoms with van der Waals surface area (Å²) < 4.78 is 8.22. The molecule has 2 aromatic carbocycles. The minimum atomic E-state index is -0.0791. The van der Waals surface area contributed by atoms with Gasteiger partial charge in [-0.25, -0.2) is 10.4 Å². The summed E-state index contributed by atoms with van der Waals surface area (Å²) in [6.07, 6.45) is 7.13. The number of benzene rings is 2. The monoisotopic (exact) mass is 388 g/mol. The minimum Gasteiger partial charge on any atom is -0.470 e. The molecule has 2 atom stereocenters. The molecule has 134 valence electrons. The molecule has 0 aliphatic carbocycles. The number of anilines is 1. The van der Waals surface area contributed by atoms with Crippen LogP contribution in [0.15, 0.2) is 61.2 Å². The van der Waals surface area contributed by atoms with Gasteiger partial charge in [0.2, 0.25) is 0 Å². The Kier molecular flexibility index (Phi) is 5.02. The summed E-state index contributed by atoms with van der Waals surface area (Å²) in [5.41, 5.74) is 8.48. The number of nitrogens with zero attached hydrogens (tertiary/aromatic N) is 2. The van der Waals surface area contributed by atoms with Crippen LogP contribution in [0.3, 0.4) is 0 Å². The van der Waals surface area contributed by atoms with E-state index in [-0.39, 0.29) is 12.3 Å². The molecule has 2 N–H and O–H groups in total. The number of imidazole rings is 1. The number of aromatic nitrogens is 2. The molecular formula is C19H18Cl2N4O. The maximum absolute atomic E-state index is 6.25. The summed E-state index contributed by atoms with van der Waals surface area (Å²) in [6, 6.07) is 13.5. The van der Waals surface area contributed by atoms with E-state index in [1.807, 2.05) is 35.0 Å². The van der Waals surface area contributed by atoms with Crippen molar-refractivity contribution in [2.45, 2.75) is 25.1 Å². The average molecular weight is 389 g/mol. The second-order valence-electron chi connectivity index (χ2n) is 6.14. The number of nitrogens with one attached hydrogen (secondary N) is 2. The summed E-state index contributed by atoms with van der Waals surface area (Å²) in [5.74, 6) is 0.866. The van der Waals surface area contributed by atoms with Gasteiger partial charge in [0.05, 0.1) is 23.1 Å². The standard InChI is InChI=1S/C19H18Cl2N4O/c20-13-5-6-17(15(21)11-13)24-23-16-7-8-19(25-10-9-22-12-25)26-18-4-2-1-3-14(16)18/h1-6,9-12,16,19,23-24H,7-8H2. The van der Waals surface area contributed by atoms with Gasteiger partial charge >= 0.3 is 0 Å². The van der Waals surface area contributed by atoms with Gasteiger partial charge in [-0.2, -0.15) is 0 Å². The Balaban J connectivity index is 1.54. The number of rotatable bonds is 4. The molecule has 7 heteroatoms. The number of hydrogen-bond acceptors (Lipinski definition) is 4. The lowest BCUT2D eigenvalue weighted by atomic mass is 10.0. The van der Waals surface area contributed by atoms with E-state index in [0.29, 0.717) is 10.0 Å². The lowest BCUT2D eigenvalue weighted by Crippen LogP contribution is -2.27. The molecular weight excluding hydrogens is 371 g/mol. The first-order valence-corrected chi connectivity index (χ1v) is 9.16. The van der Waals surface area contributed by atoms with Crippen molar-refractivity contribution in [2.24, 2.45) is 0 Å². The first kappa shape index (κ1) is 17.2. The van der Waals surface area contributed by atoms with Gasteiger partial charge in [-0.1, -0.05) is 41.4 Å². The zero-order valence-corrected chi connectivity index (χ0v) is 15.4. The zero-order valence-electron chi connectivity index (χ0n) is 13.9. The van der Waals surface area contributed by atoms with E-state index < -0.39 is 0 Å². The van der Waals surface area contributed by atoms with E-state index in [0.717, 1.165) is 29.8 Å². The van der Waals surface area contributed by atoms with Gasteiger partial charge in [0.1, 0.15) is 5.75 Å². The van der Waals surface area contributed by atoms with Gasteiger partial charge in [-0.3, -0.25) is 0 Å². The Morgan fingerprint density at radius 2 is 2.00 bits per heavy atom. The molecule has 4 rings (SSSR count). The maximum atomic E-state index is 6.25. The third-order valence-electron chi connectivity index (χ3n) is 4.43. The molecule has 3 aromatic rings. The van der Waals surface area contributed by atoms with Crippen molar-refractivity contribution in [3.63, 3.8) is 0 Å². The van der Waals surface area contributed by atoms with Crippen LogP contribution in [0.25, 0.3) is 0 Å². The Bertz CT molecular complexity index is 885. The molecule has 5 nitrogen and oxygen atoms in total. The highest BCUT2D eigenvalue weighted by atomic mass is 35.5. The minimum absolute atomic E-state index is 0.0754. The van der Waals surface area contributed by atoms with E-state index in [2.05, 4.69) is 21.9 Å². The van der Waals surface area contributed by atoms with Crippen molar-refractivity contribution in [2.75, 3.05) is 5.43 Å². The predicted octanol–water partition coefficient (Wildman–Crippen LogP) is 5.22. The van der Waals surface area contributed by atoms with Crippen LogP contribution < -0.4 is 15.6 Å². The molecule has 0 fully saturated rings. The molecule has 1 aliphatic rings. The number of para-hydroxylation sites is 1. The molecule has 0 bridgehead atoms. The largest absolute Gasteiger partial charge is 0.470 e. The number of fused-ring (bicyclic) bond motifs is 1. The first-order chi connectivity index (χ1) is 12.7. The van der Waals surface area contributed by atoms with Gasteiger partial charge in [-0.15, -0.1) is 0 Å². The van der Waals surface area contributed by atoms with E-state index >= 15 is 0 Å². The SMILES string of the molecule is Clc1ccc(NNC2CCC(n3ccnc3)Oc3ccccc32)c(Cl)c1. The summed E-state index contributed by atoms with van der Waals surface area (Å²) in [5, 5.41) is 1.18. The molecule has 0 radical (unpaired) electrons. The smallest absolute Gasteiger partial charge is 0.176 e. The second-order valence-corrected chi connectivity index (χ2v) is 6.99. The highest BCUT2D eigenvalue weighted by Crippen LogP contribution is 2.36. The number of halogens is 2.